The molecule has 1 N–H and O–H groups in total. The van der Waals surface area contributed by atoms with E-state index in [4.69, 9.17) is 0 Å². The van der Waals surface area contributed by atoms with E-state index in [9.17, 15) is 0 Å². The first kappa shape index (κ1) is 12.1. The molecule has 1 aliphatic rings. The van der Waals surface area contributed by atoms with E-state index in [-0.39, 0.29) is 5.41 Å². The smallest absolute Gasteiger partial charge is 0.0331 e. The lowest BCUT2D eigenvalue weighted by molar-refractivity contribution is 0.514. The van der Waals surface area contributed by atoms with Crippen molar-refractivity contribution in [1.82, 2.24) is 5.32 Å². The molecule has 0 saturated heterocycles. The Labute approximate surface area is 94.0 Å². The molecule has 84 valence electrons. The van der Waals surface area contributed by atoms with E-state index in [1.54, 1.807) is 0 Å². The van der Waals surface area contributed by atoms with Crippen LogP contribution in [0.25, 0.3) is 0 Å². The highest BCUT2D eigenvalue weighted by Gasteiger charge is 2.14. The summed E-state index contributed by atoms with van der Waals surface area (Å²) in [5.74, 6) is 0.557. The van der Waals surface area contributed by atoms with Crippen molar-refractivity contribution in [2.45, 2.75) is 34.1 Å². The van der Waals surface area contributed by atoms with Crippen LogP contribution < -0.4 is 5.32 Å². The predicted molar refractivity (Wildman–Crippen MR) is 67.6 cm³/mol. The molecule has 1 aliphatic heterocycles. The Morgan fingerprint density at radius 2 is 2.07 bits per heavy atom. The molecule has 0 bridgehead atoms. The molecule has 1 heteroatoms. The van der Waals surface area contributed by atoms with Crippen molar-refractivity contribution in [3.8, 4) is 0 Å². The Hall–Kier alpha value is -0.980. The Bertz CT molecular complexity index is 276. The lowest BCUT2D eigenvalue weighted by Crippen LogP contribution is -2.11. The molecule has 0 aliphatic carbocycles. The summed E-state index contributed by atoms with van der Waals surface area (Å²) in [5.41, 5.74) is 1.65. The van der Waals surface area contributed by atoms with Crippen LogP contribution in [0.5, 0.6) is 0 Å². The molecule has 1 unspecified atom stereocenters. The highest BCUT2D eigenvalue weighted by molar-refractivity contribution is 5.27. The van der Waals surface area contributed by atoms with Gasteiger partial charge in [-0.2, -0.15) is 0 Å². The molecule has 0 aromatic heterocycles. The highest BCUT2D eigenvalue weighted by Crippen LogP contribution is 2.27. The average Bonchev–Trinajstić information content (AvgIpc) is 2.27. The zero-order valence-corrected chi connectivity index (χ0v) is 10.4. The second-order valence-corrected chi connectivity index (χ2v) is 5.11. The second kappa shape index (κ2) is 5.20. The SMILES string of the molecule is CCC1/C=C\NC/C=C(C(C)(C)C)\C=C/1. The largest absolute Gasteiger partial charge is 0.388 e. The maximum absolute atomic E-state index is 3.30. The van der Waals surface area contributed by atoms with E-state index in [0.717, 1.165) is 13.0 Å². The fourth-order valence-electron chi connectivity index (χ4n) is 1.62. The molecule has 1 nitrogen and oxygen atoms in total. The third-order valence-corrected chi connectivity index (χ3v) is 2.76. The Morgan fingerprint density at radius 1 is 1.33 bits per heavy atom. The molecular weight excluding hydrogens is 182 g/mol. The van der Waals surface area contributed by atoms with E-state index in [0.29, 0.717) is 5.92 Å². The van der Waals surface area contributed by atoms with Gasteiger partial charge in [-0.3, -0.25) is 0 Å². The quantitative estimate of drug-likeness (QED) is 0.689. The van der Waals surface area contributed by atoms with Crippen LogP contribution in [0.2, 0.25) is 0 Å². The van der Waals surface area contributed by atoms with Gasteiger partial charge in [0.2, 0.25) is 0 Å². The molecular formula is C14H23N. The summed E-state index contributed by atoms with van der Waals surface area (Å²) < 4.78 is 0. The lowest BCUT2D eigenvalue weighted by atomic mass is 9.85. The molecule has 0 spiro atoms. The van der Waals surface area contributed by atoms with Gasteiger partial charge in [0.15, 0.2) is 0 Å². The normalized spacial score (nSPS) is 30.1. The number of allylic oxidation sites excluding steroid dienone is 4. The number of hydrogen-bond donors (Lipinski definition) is 1. The number of nitrogens with one attached hydrogen (secondary N) is 1. The molecule has 1 rings (SSSR count). The molecule has 1 heterocycles. The molecule has 0 radical (unpaired) electrons. The topological polar surface area (TPSA) is 12.0 Å². The molecule has 0 aromatic rings. The van der Waals surface area contributed by atoms with Crippen molar-refractivity contribution in [3.05, 3.63) is 36.1 Å². The van der Waals surface area contributed by atoms with E-state index in [2.05, 4.69) is 63.5 Å². The maximum Gasteiger partial charge on any atom is 0.0331 e. The van der Waals surface area contributed by atoms with Crippen LogP contribution in [0.1, 0.15) is 34.1 Å². The van der Waals surface area contributed by atoms with E-state index >= 15 is 0 Å². The summed E-state index contributed by atoms with van der Waals surface area (Å²) in [4.78, 5) is 0. The molecule has 15 heavy (non-hydrogen) atoms. The number of rotatable bonds is 1. The molecule has 0 saturated carbocycles. The Balaban J connectivity index is 2.86. The average molecular weight is 205 g/mol. The van der Waals surface area contributed by atoms with E-state index < -0.39 is 0 Å². The van der Waals surface area contributed by atoms with Crippen molar-refractivity contribution in [2.75, 3.05) is 6.54 Å². The first-order chi connectivity index (χ1) is 7.04. The van der Waals surface area contributed by atoms with Gasteiger partial charge in [-0.25, -0.2) is 0 Å². The van der Waals surface area contributed by atoms with Gasteiger partial charge >= 0.3 is 0 Å². The fraction of sp³-hybridized carbons (Fsp3) is 0.571. The minimum absolute atomic E-state index is 0.237. The zero-order chi connectivity index (χ0) is 11.3. The van der Waals surface area contributed by atoms with Crippen molar-refractivity contribution < 1.29 is 0 Å². The molecule has 1 atom stereocenters. The van der Waals surface area contributed by atoms with Crippen LogP contribution in [0, 0.1) is 11.3 Å². The first-order valence-electron chi connectivity index (χ1n) is 5.83. The predicted octanol–water partition coefficient (Wildman–Crippen LogP) is 3.66. The van der Waals surface area contributed by atoms with Crippen LogP contribution >= 0.6 is 0 Å². The monoisotopic (exact) mass is 205 g/mol. The van der Waals surface area contributed by atoms with Gasteiger partial charge in [-0.05, 0) is 29.5 Å². The van der Waals surface area contributed by atoms with Gasteiger partial charge in [0.1, 0.15) is 0 Å². The van der Waals surface area contributed by atoms with Crippen LogP contribution in [0.15, 0.2) is 36.1 Å². The third kappa shape index (κ3) is 3.94. The Morgan fingerprint density at radius 3 is 2.67 bits per heavy atom. The van der Waals surface area contributed by atoms with E-state index in [1.807, 2.05) is 0 Å². The lowest BCUT2D eigenvalue weighted by Gasteiger charge is -2.20. The molecule has 0 aromatic carbocycles. The summed E-state index contributed by atoms with van der Waals surface area (Å²) in [6.07, 6.45) is 12.3. The van der Waals surface area contributed by atoms with Crippen LogP contribution in [-0.2, 0) is 0 Å². The summed E-state index contributed by atoms with van der Waals surface area (Å²) in [6, 6.07) is 0. The summed E-state index contributed by atoms with van der Waals surface area (Å²) >= 11 is 0. The van der Waals surface area contributed by atoms with Crippen molar-refractivity contribution in [3.63, 3.8) is 0 Å². The third-order valence-electron chi connectivity index (χ3n) is 2.76. The van der Waals surface area contributed by atoms with Gasteiger partial charge in [0.05, 0.1) is 0 Å². The summed E-state index contributed by atoms with van der Waals surface area (Å²) in [5, 5.41) is 3.30. The van der Waals surface area contributed by atoms with Crippen LogP contribution in [0.4, 0.5) is 0 Å². The molecule has 0 fully saturated rings. The summed E-state index contributed by atoms with van der Waals surface area (Å²) in [7, 11) is 0. The highest BCUT2D eigenvalue weighted by atomic mass is 14.8. The first-order valence-corrected chi connectivity index (χ1v) is 5.83. The van der Waals surface area contributed by atoms with Gasteiger partial charge in [0, 0.05) is 6.54 Å². The number of hydrogen-bond acceptors (Lipinski definition) is 1. The van der Waals surface area contributed by atoms with E-state index in [1.165, 1.54) is 5.57 Å². The molecule has 0 amide bonds. The summed E-state index contributed by atoms with van der Waals surface area (Å²) in [6.45, 7) is 9.92. The van der Waals surface area contributed by atoms with Crippen molar-refractivity contribution in [2.24, 2.45) is 11.3 Å². The zero-order valence-electron chi connectivity index (χ0n) is 10.4. The minimum atomic E-state index is 0.237. The fourth-order valence-corrected chi connectivity index (χ4v) is 1.62. The van der Waals surface area contributed by atoms with Crippen LogP contribution in [0.3, 0.4) is 0 Å². The van der Waals surface area contributed by atoms with Gasteiger partial charge in [-0.1, -0.05) is 52.0 Å². The Kier molecular flexibility index (Phi) is 4.19. The second-order valence-electron chi connectivity index (χ2n) is 5.11. The van der Waals surface area contributed by atoms with Gasteiger partial charge in [0.25, 0.3) is 0 Å². The van der Waals surface area contributed by atoms with Crippen LogP contribution in [-0.4, -0.2) is 6.54 Å². The van der Waals surface area contributed by atoms with Crippen molar-refractivity contribution in [1.29, 1.82) is 0 Å². The standard InChI is InChI=1S/C14H23N/c1-5-12-6-7-13(14(2,3)4)9-11-15-10-8-12/h6-10,12,15H,5,11H2,1-4H3/b7-6-,10-8-,13-9+. The van der Waals surface area contributed by atoms with Gasteiger partial charge < -0.3 is 5.32 Å². The minimum Gasteiger partial charge on any atom is -0.388 e. The maximum atomic E-state index is 3.30. The van der Waals surface area contributed by atoms with Crippen molar-refractivity contribution >= 4 is 0 Å². The van der Waals surface area contributed by atoms with Gasteiger partial charge in [-0.15, -0.1) is 0 Å².